The van der Waals surface area contributed by atoms with Crippen molar-refractivity contribution < 1.29 is 19.1 Å². The Morgan fingerprint density at radius 3 is 2.53 bits per heavy atom. The van der Waals surface area contributed by atoms with Crippen molar-refractivity contribution in [3.8, 4) is 5.75 Å². The number of imide groups is 1. The third-order valence-corrected chi connectivity index (χ3v) is 7.43. The van der Waals surface area contributed by atoms with E-state index in [0.29, 0.717) is 32.1 Å². The average molecular weight is 627 g/mol. The first kappa shape index (κ1) is 26.6. The van der Waals surface area contributed by atoms with Crippen LogP contribution < -0.4 is 10.1 Å². The zero-order valence-corrected chi connectivity index (χ0v) is 22.9. The van der Waals surface area contributed by atoms with Crippen LogP contribution in [0.4, 0.5) is 10.5 Å². The zero-order chi connectivity index (χ0) is 25.8. The summed E-state index contributed by atoms with van der Waals surface area (Å²) >= 11 is 22.3. The summed E-state index contributed by atoms with van der Waals surface area (Å²) in [6.07, 6.45) is 1.56. The molecule has 0 radical (unpaired) electrons. The summed E-state index contributed by atoms with van der Waals surface area (Å²) in [6.45, 7) is -0.227. The van der Waals surface area contributed by atoms with Crippen LogP contribution in [0.25, 0.3) is 6.08 Å². The number of benzene rings is 3. The van der Waals surface area contributed by atoms with E-state index in [1.807, 2.05) is 0 Å². The summed E-state index contributed by atoms with van der Waals surface area (Å²) in [5.41, 5.74) is 1.78. The van der Waals surface area contributed by atoms with Gasteiger partial charge in [-0.2, -0.15) is 0 Å². The molecule has 36 heavy (non-hydrogen) atoms. The Balaban J connectivity index is 1.49. The minimum atomic E-state index is -0.574. The van der Waals surface area contributed by atoms with Crippen molar-refractivity contribution in [1.29, 1.82) is 0 Å². The molecule has 6 nitrogen and oxygen atoms in total. The fraction of sp³-hybridized carbons (Fsp3) is 0.0800. The van der Waals surface area contributed by atoms with Gasteiger partial charge < -0.3 is 10.1 Å². The van der Waals surface area contributed by atoms with Crippen LogP contribution in [0.15, 0.2) is 70.0 Å². The highest BCUT2D eigenvalue weighted by atomic mass is 79.9. The molecule has 0 aliphatic carbocycles. The van der Waals surface area contributed by atoms with Gasteiger partial charge in [0.1, 0.15) is 18.9 Å². The third kappa shape index (κ3) is 6.44. The molecule has 0 bridgehead atoms. The molecule has 1 N–H and O–H groups in total. The molecule has 3 aromatic carbocycles. The van der Waals surface area contributed by atoms with Crippen molar-refractivity contribution in [3.05, 3.63) is 96.2 Å². The lowest BCUT2D eigenvalue weighted by molar-refractivity contribution is -0.127. The van der Waals surface area contributed by atoms with Gasteiger partial charge in [0.25, 0.3) is 11.1 Å². The number of carbonyl (C=O) groups excluding carboxylic acids is 3. The molecule has 1 aliphatic rings. The van der Waals surface area contributed by atoms with Crippen molar-refractivity contribution in [2.75, 3.05) is 11.9 Å². The Morgan fingerprint density at radius 1 is 1.00 bits per heavy atom. The fourth-order valence-corrected chi connectivity index (χ4v) is 4.94. The largest absolute Gasteiger partial charge is 0.488 e. The summed E-state index contributed by atoms with van der Waals surface area (Å²) in [6, 6.07) is 17.2. The summed E-state index contributed by atoms with van der Waals surface area (Å²) < 4.78 is 6.71. The Hall–Kier alpha value is -2.49. The van der Waals surface area contributed by atoms with Crippen LogP contribution in [0.1, 0.15) is 11.1 Å². The van der Waals surface area contributed by atoms with E-state index in [-0.39, 0.29) is 11.5 Å². The molecular weight excluding hydrogens is 611 g/mol. The minimum absolute atomic E-state index is 0.169. The van der Waals surface area contributed by atoms with E-state index in [1.54, 1.807) is 66.7 Å². The molecule has 3 aromatic rings. The lowest BCUT2D eigenvalue weighted by Crippen LogP contribution is -2.36. The molecule has 184 valence electrons. The number of nitrogens with zero attached hydrogens (tertiary/aromatic N) is 1. The highest BCUT2D eigenvalue weighted by molar-refractivity contribution is 9.10. The van der Waals surface area contributed by atoms with Gasteiger partial charge in [0.05, 0.1) is 25.7 Å². The number of hydrogen-bond donors (Lipinski definition) is 1. The van der Waals surface area contributed by atoms with Crippen LogP contribution >= 0.6 is 62.5 Å². The van der Waals surface area contributed by atoms with E-state index in [2.05, 4.69) is 21.2 Å². The maximum absolute atomic E-state index is 13.0. The predicted molar refractivity (Wildman–Crippen MR) is 148 cm³/mol. The van der Waals surface area contributed by atoms with E-state index < -0.39 is 23.6 Å². The minimum Gasteiger partial charge on any atom is -0.488 e. The molecule has 0 saturated carbocycles. The standard InChI is InChI=1S/C25H16BrCl3N2O4S/c26-16-6-8-21(35-13-14-5-7-17(27)19(29)9-14)15(10-16)11-22-24(33)31(25(34)36-22)12-23(32)30-20-4-2-1-3-18(20)28/h1-11H,12-13H2,(H,30,32)/b22-11+. The first-order valence-corrected chi connectivity index (χ1v) is 13.1. The number of anilines is 1. The maximum Gasteiger partial charge on any atom is 0.294 e. The quantitative estimate of drug-likeness (QED) is 0.273. The number of para-hydroxylation sites is 1. The fourth-order valence-electron chi connectivity index (χ4n) is 3.23. The monoisotopic (exact) mass is 624 g/mol. The third-order valence-electron chi connectivity index (χ3n) is 4.96. The number of halogens is 4. The van der Waals surface area contributed by atoms with Crippen LogP contribution in [0.2, 0.25) is 15.1 Å². The van der Waals surface area contributed by atoms with Crippen LogP contribution in [0.5, 0.6) is 5.75 Å². The van der Waals surface area contributed by atoms with E-state index in [4.69, 9.17) is 39.5 Å². The van der Waals surface area contributed by atoms with Gasteiger partial charge >= 0.3 is 0 Å². The number of thioether (sulfide) groups is 1. The number of ether oxygens (including phenoxy) is 1. The smallest absolute Gasteiger partial charge is 0.294 e. The lowest BCUT2D eigenvalue weighted by atomic mass is 10.1. The average Bonchev–Trinajstić information content (AvgIpc) is 3.09. The molecule has 3 amide bonds. The molecule has 1 aliphatic heterocycles. The predicted octanol–water partition coefficient (Wildman–Crippen LogP) is 7.66. The molecule has 1 heterocycles. The normalized spacial score (nSPS) is 14.4. The first-order chi connectivity index (χ1) is 17.2. The first-order valence-electron chi connectivity index (χ1n) is 10.4. The summed E-state index contributed by atoms with van der Waals surface area (Å²) in [5, 5.41) is 3.28. The SMILES string of the molecule is O=C(CN1C(=O)S/C(=C/c2cc(Br)ccc2OCc2ccc(Cl)c(Cl)c2)C1=O)Nc1ccccc1Cl. The summed E-state index contributed by atoms with van der Waals surface area (Å²) in [4.78, 5) is 39.0. The number of carbonyl (C=O) groups is 3. The molecule has 0 atom stereocenters. The topological polar surface area (TPSA) is 75.7 Å². The molecular formula is C25H16BrCl3N2O4S. The van der Waals surface area contributed by atoms with Gasteiger partial charge in [0, 0.05) is 10.0 Å². The van der Waals surface area contributed by atoms with Crippen LogP contribution in [-0.4, -0.2) is 28.5 Å². The van der Waals surface area contributed by atoms with Gasteiger partial charge in [0.2, 0.25) is 5.91 Å². The van der Waals surface area contributed by atoms with E-state index in [9.17, 15) is 14.4 Å². The molecule has 1 saturated heterocycles. The molecule has 11 heteroatoms. The van der Waals surface area contributed by atoms with Gasteiger partial charge in [-0.15, -0.1) is 0 Å². The molecule has 1 fully saturated rings. The summed E-state index contributed by atoms with van der Waals surface area (Å²) in [7, 11) is 0. The summed E-state index contributed by atoms with van der Waals surface area (Å²) in [5.74, 6) is -0.623. The second kappa shape index (κ2) is 11.7. The Labute approximate surface area is 234 Å². The van der Waals surface area contributed by atoms with E-state index in [0.717, 1.165) is 26.7 Å². The molecule has 0 aromatic heterocycles. The van der Waals surface area contributed by atoms with Crippen LogP contribution in [-0.2, 0) is 16.2 Å². The van der Waals surface area contributed by atoms with Crippen molar-refractivity contribution in [2.45, 2.75) is 6.61 Å². The van der Waals surface area contributed by atoms with E-state index >= 15 is 0 Å². The number of rotatable bonds is 7. The van der Waals surface area contributed by atoms with Crippen LogP contribution in [0.3, 0.4) is 0 Å². The second-order valence-electron chi connectivity index (χ2n) is 7.52. The van der Waals surface area contributed by atoms with Gasteiger partial charge in [-0.3, -0.25) is 19.3 Å². The van der Waals surface area contributed by atoms with Crippen LogP contribution in [0, 0.1) is 0 Å². The molecule has 0 unspecified atom stereocenters. The maximum atomic E-state index is 13.0. The van der Waals surface area contributed by atoms with Crippen molar-refractivity contribution in [2.24, 2.45) is 0 Å². The Morgan fingerprint density at radius 2 is 1.78 bits per heavy atom. The Kier molecular flexibility index (Phi) is 8.64. The zero-order valence-electron chi connectivity index (χ0n) is 18.3. The van der Waals surface area contributed by atoms with Crippen molar-refractivity contribution in [1.82, 2.24) is 4.90 Å². The second-order valence-corrected chi connectivity index (χ2v) is 10.6. The number of amides is 3. The van der Waals surface area contributed by atoms with Gasteiger partial charge in [-0.1, -0.05) is 68.9 Å². The van der Waals surface area contributed by atoms with Crippen molar-refractivity contribution in [3.63, 3.8) is 0 Å². The Bertz CT molecular complexity index is 1400. The lowest BCUT2D eigenvalue weighted by Gasteiger charge is -2.13. The molecule has 0 spiro atoms. The number of hydrogen-bond acceptors (Lipinski definition) is 5. The highest BCUT2D eigenvalue weighted by Gasteiger charge is 2.36. The van der Waals surface area contributed by atoms with Gasteiger partial charge in [-0.25, -0.2) is 0 Å². The highest BCUT2D eigenvalue weighted by Crippen LogP contribution is 2.35. The van der Waals surface area contributed by atoms with E-state index in [1.165, 1.54) is 0 Å². The van der Waals surface area contributed by atoms with Gasteiger partial charge in [-0.05, 0) is 65.9 Å². The van der Waals surface area contributed by atoms with Crippen molar-refractivity contribution >= 4 is 91.3 Å². The number of nitrogens with one attached hydrogen (secondary N) is 1. The van der Waals surface area contributed by atoms with Gasteiger partial charge in [0.15, 0.2) is 0 Å². The molecule has 4 rings (SSSR count).